The molecule has 0 unspecified atom stereocenters. The fourth-order valence-electron chi connectivity index (χ4n) is 2.13. The first-order valence-corrected chi connectivity index (χ1v) is 9.15. The Balaban J connectivity index is 2.42. The average Bonchev–Trinajstić information content (AvgIpc) is 2.82. The zero-order chi connectivity index (χ0) is 15.6. The van der Waals surface area contributed by atoms with Crippen molar-refractivity contribution in [2.45, 2.75) is 37.5 Å². The molecule has 1 aromatic carbocycles. The number of anilines is 1. The molecule has 0 spiro atoms. The predicted octanol–water partition coefficient (Wildman–Crippen LogP) is 2.78. The van der Waals surface area contributed by atoms with Gasteiger partial charge in [-0.05, 0) is 37.6 Å². The van der Waals surface area contributed by atoms with Crippen molar-refractivity contribution in [3.05, 3.63) is 40.1 Å². The van der Waals surface area contributed by atoms with Gasteiger partial charge in [-0.3, -0.25) is 4.68 Å². The Morgan fingerprint density at radius 1 is 1.29 bits per heavy atom. The molecule has 0 fully saturated rings. The number of hydrogen-bond donors (Lipinski definition) is 1. The average molecular weight is 372 g/mol. The maximum absolute atomic E-state index is 12.6. The Labute approximate surface area is 133 Å². The summed E-state index contributed by atoms with van der Waals surface area (Å²) in [6.45, 7) is 4.57. The Morgan fingerprint density at radius 2 is 2.00 bits per heavy atom. The molecule has 7 heteroatoms. The number of halogens is 1. The number of rotatable bonds is 5. The van der Waals surface area contributed by atoms with Gasteiger partial charge in [0.2, 0.25) is 0 Å². The van der Waals surface area contributed by atoms with Gasteiger partial charge in [-0.25, -0.2) is 8.42 Å². The van der Waals surface area contributed by atoms with Crippen LogP contribution in [-0.2, 0) is 28.6 Å². The molecule has 0 saturated carbocycles. The highest BCUT2D eigenvalue weighted by molar-refractivity contribution is 9.10. The summed E-state index contributed by atoms with van der Waals surface area (Å²) in [7, 11) is -3.51. The summed E-state index contributed by atoms with van der Waals surface area (Å²) in [4.78, 5) is 0.152. The quantitative estimate of drug-likeness (QED) is 0.819. The summed E-state index contributed by atoms with van der Waals surface area (Å²) < 4.78 is 27.6. The van der Waals surface area contributed by atoms with Crippen LogP contribution in [0.3, 0.4) is 0 Å². The van der Waals surface area contributed by atoms with Crippen LogP contribution in [0.4, 0.5) is 5.69 Å². The van der Waals surface area contributed by atoms with E-state index in [4.69, 9.17) is 5.73 Å². The van der Waals surface area contributed by atoms with Crippen molar-refractivity contribution in [2.75, 3.05) is 5.73 Å². The minimum absolute atomic E-state index is 0.103. The van der Waals surface area contributed by atoms with Crippen LogP contribution in [0.5, 0.6) is 0 Å². The van der Waals surface area contributed by atoms with Crippen molar-refractivity contribution >= 4 is 31.5 Å². The van der Waals surface area contributed by atoms with Crippen molar-refractivity contribution in [3.8, 4) is 0 Å². The van der Waals surface area contributed by atoms with E-state index >= 15 is 0 Å². The highest BCUT2D eigenvalue weighted by atomic mass is 79.9. The lowest BCUT2D eigenvalue weighted by Crippen LogP contribution is -2.12. The molecule has 2 rings (SSSR count). The fourth-order valence-corrected chi connectivity index (χ4v) is 4.15. The highest BCUT2D eigenvalue weighted by Gasteiger charge is 2.21. The van der Waals surface area contributed by atoms with Gasteiger partial charge in [-0.1, -0.05) is 22.9 Å². The molecule has 5 nitrogen and oxygen atoms in total. The second kappa shape index (κ2) is 6.19. The van der Waals surface area contributed by atoms with Crippen molar-refractivity contribution in [1.29, 1.82) is 0 Å². The van der Waals surface area contributed by atoms with Crippen LogP contribution in [-0.4, -0.2) is 18.2 Å². The topological polar surface area (TPSA) is 78.0 Å². The van der Waals surface area contributed by atoms with Gasteiger partial charge in [0.1, 0.15) is 0 Å². The van der Waals surface area contributed by atoms with E-state index in [1.807, 2.05) is 19.9 Å². The van der Waals surface area contributed by atoms with Gasteiger partial charge < -0.3 is 5.73 Å². The van der Waals surface area contributed by atoms with E-state index in [1.165, 1.54) is 6.07 Å². The largest absolute Gasteiger partial charge is 0.398 e. The summed E-state index contributed by atoms with van der Waals surface area (Å²) in [5.41, 5.74) is 7.65. The Bertz CT molecular complexity index is 754. The second-order valence-electron chi connectivity index (χ2n) is 4.74. The summed E-state index contributed by atoms with van der Waals surface area (Å²) in [5.74, 6) is -0.103. The SMILES string of the molecule is CCc1cc(CS(=O)(=O)c2cc(Br)ccc2N)n(CC)n1. The van der Waals surface area contributed by atoms with E-state index in [-0.39, 0.29) is 16.3 Å². The number of nitrogens with zero attached hydrogens (tertiary/aromatic N) is 2. The number of aryl methyl sites for hydroxylation is 2. The summed E-state index contributed by atoms with van der Waals surface area (Å²) in [6.07, 6.45) is 0.777. The normalized spacial score (nSPS) is 11.8. The molecule has 2 aromatic rings. The van der Waals surface area contributed by atoms with E-state index in [1.54, 1.807) is 16.8 Å². The molecular weight excluding hydrogens is 354 g/mol. The molecule has 21 heavy (non-hydrogen) atoms. The lowest BCUT2D eigenvalue weighted by atomic mass is 10.3. The molecule has 0 saturated heterocycles. The van der Waals surface area contributed by atoms with Crippen molar-refractivity contribution in [2.24, 2.45) is 0 Å². The molecule has 1 aromatic heterocycles. The lowest BCUT2D eigenvalue weighted by molar-refractivity contribution is 0.585. The number of nitrogens with two attached hydrogens (primary N) is 1. The van der Waals surface area contributed by atoms with Gasteiger partial charge in [0, 0.05) is 11.0 Å². The molecule has 114 valence electrons. The van der Waals surface area contributed by atoms with Crippen LogP contribution in [0.25, 0.3) is 0 Å². The third-order valence-electron chi connectivity index (χ3n) is 3.22. The van der Waals surface area contributed by atoms with Crippen molar-refractivity contribution < 1.29 is 8.42 Å². The monoisotopic (exact) mass is 371 g/mol. The molecule has 0 aliphatic heterocycles. The van der Waals surface area contributed by atoms with Crippen molar-refractivity contribution in [3.63, 3.8) is 0 Å². The molecule has 1 heterocycles. The summed E-state index contributed by atoms with van der Waals surface area (Å²) >= 11 is 3.28. The molecule has 0 aliphatic carbocycles. The van der Waals surface area contributed by atoms with E-state index < -0.39 is 9.84 Å². The van der Waals surface area contributed by atoms with Crippen LogP contribution >= 0.6 is 15.9 Å². The zero-order valence-electron chi connectivity index (χ0n) is 12.0. The Hall–Kier alpha value is -1.34. The van der Waals surface area contributed by atoms with Crippen LogP contribution in [0.15, 0.2) is 33.6 Å². The van der Waals surface area contributed by atoms with Crippen LogP contribution in [0.1, 0.15) is 25.2 Å². The van der Waals surface area contributed by atoms with E-state index in [0.29, 0.717) is 16.7 Å². The molecular formula is C14H18BrN3O2S. The van der Waals surface area contributed by atoms with E-state index in [0.717, 1.165) is 12.1 Å². The minimum atomic E-state index is -3.51. The Kier molecular flexibility index (Phi) is 4.73. The van der Waals surface area contributed by atoms with Gasteiger partial charge >= 0.3 is 0 Å². The zero-order valence-corrected chi connectivity index (χ0v) is 14.4. The molecule has 0 radical (unpaired) electrons. The first kappa shape index (κ1) is 16.0. The molecule has 0 bridgehead atoms. The number of aromatic nitrogens is 2. The standard InChI is InChI=1S/C14H18BrN3O2S/c1-3-11-8-12(18(4-2)17-11)9-21(19,20)14-7-10(15)5-6-13(14)16/h5-8H,3-4,9,16H2,1-2H3. The van der Waals surface area contributed by atoms with Gasteiger partial charge in [0.15, 0.2) is 9.84 Å². The Morgan fingerprint density at radius 3 is 2.62 bits per heavy atom. The van der Waals surface area contributed by atoms with Crippen molar-refractivity contribution in [1.82, 2.24) is 9.78 Å². The third-order valence-corrected chi connectivity index (χ3v) is 5.42. The van der Waals surface area contributed by atoms with Crippen LogP contribution < -0.4 is 5.73 Å². The predicted molar refractivity (Wildman–Crippen MR) is 86.7 cm³/mol. The molecule has 0 aliphatic rings. The van der Waals surface area contributed by atoms with E-state index in [9.17, 15) is 8.42 Å². The van der Waals surface area contributed by atoms with Gasteiger partial charge in [0.25, 0.3) is 0 Å². The van der Waals surface area contributed by atoms with E-state index in [2.05, 4.69) is 21.0 Å². The smallest absolute Gasteiger partial charge is 0.186 e. The first-order chi connectivity index (χ1) is 9.87. The molecule has 0 atom stereocenters. The fraction of sp³-hybridized carbons (Fsp3) is 0.357. The maximum atomic E-state index is 12.6. The number of nitrogen functional groups attached to an aromatic ring is 1. The summed E-state index contributed by atoms with van der Waals surface area (Å²) in [6, 6.07) is 6.69. The maximum Gasteiger partial charge on any atom is 0.186 e. The van der Waals surface area contributed by atoms with Gasteiger partial charge in [-0.2, -0.15) is 5.10 Å². The van der Waals surface area contributed by atoms with Crippen LogP contribution in [0.2, 0.25) is 0 Å². The minimum Gasteiger partial charge on any atom is -0.398 e. The molecule has 0 amide bonds. The first-order valence-electron chi connectivity index (χ1n) is 6.70. The van der Waals surface area contributed by atoms with Gasteiger partial charge in [-0.15, -0.1) is 0 Å². The number of benzene rings is 1. The highest BCUT2D eigenvalue weighted by Crippen LogP contribution is 2.26. The lowest BCUT2D eigenvalue weighted by Gasteiger charge is -2.09. The van der Waals surface area contributed by atoms with Crippen LogP contribution in [0, 0.1) is 0 Å². The summed E-state index contributed by atoms with van der Waals surface area (Å²) in [5, 5.41) is 4.38. The number of sulfone groups is 1. The molecule has 2 N–H and O–H groups in total. The third kappa shape index (κ3) is 3.47. The van der Waals surface area contributed by atoms with Gasteiger partial charge in [0.05, 0.1) is 27.7 Å². The second-order valence-corrected chi connectivity index (χ2v) is 7.61. The number of hydrogen-bond acceptors (Lipinski definition) is 4.